The van der Waals surface area contributed by atoms with E-state index in [1.54, 1.807) is 37.4 Å². The Hall–Kier alpha value is -3.52. The summed E-state index contributed by atoms with van der Waals surface area (Å²) in [5.41, 5.74) is 1.08. The molecule has 2 aliphatic rings. The number of likely N-dealkylation sites (tertiary alicyclic amines) is 1. The van der Waals surface area contributed by atoms with Crippen LogP contribution in [0.4, 0.5) is 0 Å². The lowest BCUT2D eigenvalue weighted by molar-refractivity contribution is -0.140. The zero-order chi connectivity index (χ0) is 23.4. The van der Waals surface area contributed by atoms with Crippen LogP contribution in [0.3, 0.4) is 0 Å². The van der Waals surface area contributed by atoms with Crippen LogP contribution in [0.15, 0.2) is 48.0 Å². The van der Waals surface area contributed by atoms with Crippen molar-refractivity contribution in [1.29, 1.82) is 0 Å². The number of hydrogen-bond donors (Lipinski definition) is 1. The fourth-order valence-corrected chi connectivity index (χ4v) is 4.12. The number of methoxy groups -OCH3 is 1. The van der Waals surface area contributed by atoms with Crippen molar-refractivity contribution in [1.82, 2.24) is 4.90 Å². The largest absolute Gasteiger partial charge is 0.507 e. The van der Waals surface area contributed by atoms with E-state index < -0.39 is 17.7 Å². The number of hydrogen-bond acceptors (Lipinski definition) is 7. The maximum absolute atomic E-state index is 13.1. The Bertz CT molecular complexity index is 1080. The summed E-state index contributed by atoms with van der Waals surface area (Å²) in [5, 5.41) is 11.2. The number of ketones is 1. The van der Waals surface area contributed by atoms with Crippen LogP contribution in [0.25, 0.3) is 5.76 Å². The van der Waals surface area contributed by atoms with Gasteiger partial charge in [0.25, 0.3) is 11.7 Å². The average Bonchev–Trinajstić information content (AvgIpc) is 3.09. The van der Waals surface area contributed by atoms with Crippen molar-refractivity contribution in [3.8, 4) is 17.2 Å². The van der Waals surface area contributed by atoms with Crippen LogP contribution in [0.2, 0.25) is 0 Å². The third-order valence-electron chi connectivity index (χ3n) is 5.59. The van der Waals surface area contributed by atoms with Crippen LogP contribution in [0.1, 0.15) is 30.5 Å². The number of ether oxygens (including phenoxy) is 4. The van der Waals surface area contributed by atoms with E-state index in [9.17, 15) is 14.7 Å². The van der Waals surface area contributed by atoms with E-state index in [0.717, 1.165) is 0 Å². The molecular formula is C25H27NO7. The van der Waals surface area contributed by atoms with E-state index >= 15 is 0 Å². The quantitative estimate of drug-likeness (QED) is 0.284. The lowest BCUT2D eigenvalue weighted by atomic mass is 9.95. The summed E-state index contributed by atoms with van der Waals surface area (Å²) in [6.45, 7) is 3.95. The molecule has 1 amide bonds. The molecule has 1 N–H and O–H groups in total. The van der Waals surface area contributed by atoms with Gasteiger partial charge in [0.1, 0.15) is 24.7 Å². The summed E-state index contributed by atoms with van der Waals surface area (Å²) in [4.78, 5) is 27.6. The van der Waals surface area contributed by atoms with Crippen LogP contribution in [-0.4, -0.2) is 61.8 Å². The molecule has 4 rings (SSSR count). The number of aliphatic hydroxyl groups excluding tert-OH is 1. The Labute approximate surface area is 192 Å². The molecule has 0 aliphatic carbocycles. The molecule has 2 aliphatic heterocycles. The van der Waals surface area contributed by atoms with Gasteiger partial charge in [0.15, 0.2) is 11.5 Å². The van der Waals surface area contributed by atoms with Gasteiger partial charge in [-0.2, -0.15) is 0 Å². The van der Waals surface area contributed by atoms with Crippen LogP contribution < -0.4 is 14.2 Å². The van der Waals surface area contributed by atoms with Gasteiger partial charge >= 0.3 is 0 Å². The maximum atomic E-state index is 13.1. The molecule has 0 bridgehead atoms. The first-order valence-electron chi connectivity index (χ1n) is 10.9. The maximum Gasteiger partial charge on any atom is 0.295 e. The first-order valence-corrected chi connectivity index (χ1v) is 10.9. The molecule has 0 unspecified atom stereocenters. The third-order valence-corrected chi connectivity index (χ3v) is 5.59. The van der Waals surface area contributed by atoms with Gasteiger partial charge in [0, 0.05) is 25.8 Å². The van der Waals surface area contributed by atoms with Gasteiger partial charge in [0.2, 0.25) is 0 Å². The fourth-order valence-electron chi connectivity index (χ4n) is 4.12. The van der Waals surface area contributed by atoms with E-state index in [2.05, 4.69) is 0 Å². The lowest BCUT2D eigenvalue weighted by Gasteiger charge is -2.25. The molecule has 1 saturated heterocycles. The number of carbonyl (C=O) groups is 2. The molecule has 0 radical (unpaired) electrons. The average molecular weight is 453 g/mol. The fraction of sp³-hybridized carbons (Fsp3) is 0.360. The molecule has 174 valence electrons. The van der Waals surface area contributed by atoms with E-state index in [-0.39, 0.29) is 11.3 Å². The minimum atomic E-state index is -0.754. The number of aliphatic hydroxyl groups is 1. The highest BCUT2D eigenvalue weighted by Gasteiger charge is 2.46. The number of carbonyl (C=O) groups excluding carboxylic acids is 2. The van der Waals surface area contributed by atoms with Gasteiger partial charge in [-0.15, -0.1) is 0 Å². The highest BCUT2D eigenvalue weighted by molar-refractivity contribution is 6.46. The summed E-state index contributed by atoms with van der Waals surface area (Å²) in [6, 6.07) is 11.4. The lowest BCUT2D eigenvalue weighted by Crippen LogP contribution is -2.31. The second-order valence-electron chi connectivity index (χ2n) is 7.70. The Morgan fingerprint density at radius 1 is 1.12 bits per heavy atom. The van der Waals surface area contributed by atoms with Crippen molar-refractivity contribution in [2.24, 2.45) is 0 Å². The Balaban J connectivity index is 1.80. The Kier molecular flexibility index (Phi) is 6.84. The summed E-state index contributed by atoms with van der Waals surface area (Å²) in [7, 11) is 1.58. The zero-order valence-electron chi connectivity index (χ0n) is 18.7. The van der Waals surface area contributed by atoms with Gasteiger partial charge < -0.3 is 29.0 Å². The first-order chi connectivity index (χ1) is 16.0. The van der Waals surface area contributed by atoms with Crippen LogP contribution in [0.5, 0.6) is 17.2 Å². The van der Waals surface area contributed by atoms with E-state index in [1.165, 1.54) is 4.90 Å². The first kappa shape index (κ1) is 22.7. The van der Waals surface area contributed by atoms with Gasteiger partial charge in [-0.1, -0.05) is 12.1 Å². The summed E-state index contributed by atoms with van der Waals surface area (Å²) in [5.74, 6) is 0.0279. The molecule has 1 atom stereocenters. The molecule has 1 fully saturated rings. The molecule has 0 spiro atoms. The minimum Gasteiger partial charge on any atom is -0.507 e. The number of amides is 1. The SMILES string of the molecule is CCOc1cccc([C@H]2C(=C(O)c3ccc4c(c3)OCCO4)C(=O)C(=O)N2CCCOC)c1. The molecule has 0 aromatic heterocycles. The molecular weight excluding hydrogens is 426 g/mol. The minimum absolute atomic E-state index is 0.0303. The van der Waals surface area contributed by atoms with Crippen molar-refractivity contribution >= 4 is 17.4 Å². The second kappa shape index (κ2) is 9.95. The van der Waals surface area contributed by atoms with E-state index in [4.69, 9.17) is 18.9 Å². The smallest absolute Gasteiger partial charge is 0.295 e. The Morgan fingerprint density at radius 3 is 2.67 bits per heavy atom. The highest BCUT2D eigenvalue weighted by Crippen LogP contribution is 2.41. The molecule has 0 saturated carbocycles. The Morgan fingerprint density at radius 2 is 1.91 bits per heavy atom. The molecule has 2 heterocycles. The van der Waals surface area contributed by atoms with Crippen molar-refractivity contribution in [2.75, 3.05) is 40.1 Å². The normalized spacial score (nSPS) is 19.1. The summed E-state index contributed by atoms with van der Waals surface area (Å²) >= 11 is 0. The third kappa shape index (κ3) is 4.52. The predicted octanol–water partition coefficient (Wildman–Crippen LogP) is 3.31. The molecule has 8 nitrogen and oxygen atoms in total. The van der Waals surface area contributed by atoms with Crippen LogP contribution >= 0.6 is 0 Å². The molecule has 8 heteroatoms. The highest BCUT2D eigenvalue weighted by atomic mass is 16.6. The van der Waals surface area contributed by atoms with Gasteiger partial charge in [0.05, 0.1) is 18.2 Å². The van der Waals surface area contributed by atoms with Gasteiger partial charge in [-0.25, -0.2) is 0 Å². The number of Topliss-reactive ketones (excluding diaryl/α,β-unsaturated/α-hetero) is 1. The monoisotopic (exact) mass is 453 g/mol. The van der Waals surface area contributed by atoms with Crippen molar-refractivity contribution in [3.63, 3.8) is 0 Å². The number of nitrogens with zero attached hydrogens (tertiary/aromatic N) is 1. The number of rotatable bonds is 8. The zero-order valence-corrected chi connectivity index (χ0v) is 18.7. The van der Waals surface area contributed by atoms with Crippen LogP contribution in [-0.2, 0) is 14.3 Å². The van der Waals surface area contributed by atoms with Gasteiger partial charge in [-0.3, -0.25) is 9.59 Å². The van der Waals surface area contributed by atoms with Crippen molar-refractivity contribution in [3.05, 3.63) is 59.2 Å². The standard InChI is InChI=1S/C25H27NO7/c1-3-31-18-7-4-6-16(14-18)22-21(24(28)25(29)26(22)10-5-11-30-2)23(27)17-8-9-19-20(15-17)33-13-12-32-19/h4,6-9,14-15,22,27H,3,5,10-13H2,1-2H3/t22-/m0/s1. The number of benzene rings is 2. The summed E-state index contributed by atoms with van der Waals surface area (Å²) < 4.78 is 21.9. The number of fused-ring (bicyclic) bond motifs is 1. The molecule has 2 aromatic rings. The summed E-state index contributed by atoms with van der Waals surface area (Å²) in [6.07, 6.45) is 0.551. The topological polar surface area (TPSA) is 94.5 Å². The molecule has 2 aromatic carbocycles. The van der Waals surface area contributed by atoms with E-state index in [0.29, 0.717) is 67.8 Å². The van der Waals surface area contributed by atoms with Gasteiger partial charge in [-0.05, 0) is 49.2 Å². The second-order valence-corrected chi connectivity index (χ2v) is 7.70. The molecule has 33 heavy (non-hydrogen) atoms. The van der Waals surface area contributed by atoms with Crippen LogP contribution in [0, 0.1) is 0 Å². The van der Waals surface area contributed by atoms with Crippen molar-refractivity contribution in [2.45, 2.75) is 19.4 Å². The van der Waals surface area contributed by atoms with E-state index in [1.807, 2.05) is 19.1 Å². The van der Waals surface area contributed by atoms with Crippen molar-refractivity contribution < 1.29 is 33.6 Å². The predicted molar refractivity (Wildman–Crippen MR) is 121 cm³/mol.